The topological polar surface area (TPSA) is 114 Å². The van der Waals surface area contributed by atoms with Crippen LogP contribution in [-0.4, -0.2) is 39.4 Å². The lowest BCUT2D eigenvalue weighted by molar-refractivity contribution is -0.152. The van der Waals surface area contributed by atoms with E-state index < -0.39 is 23.4 Å². The first-order chi connectivity index (χ1) is 21.6. The maximum absolute atomic E-state index is 15.2. The molecule has 2 aromatic heterocycles. The fraction of sp³-hybridized carbons (Fsp3) is 0.235. The molecule has 232 valence electrons. The second-order valence-electron chi connectivity index (χ2n) is 10.8. The fourth-order valence-corrected chi connectivity index (χ4v) is 4.86. The van der Waals surface area contributed by atoms with Gasteiger partial charge in [0, 0.05) is 29.4 Å². The highest BCUT2D eigenvalue weighted by Crippen LogP contribution is 2.33. The van der Waals surface area contributed by atoms with Crippen LogP contribution < -0.4 is 20.3 Å². The number of para-hydroxylation sites is 1. The molecule has 0 aliphatic carbocycles. The summed E-state index contributed by atoms with van der Waals surface area (Å²) >= 11 is 0. The quantitative estimate of drug-likeness (QED) is 0.185. The van der Waals surface area contributed by atoms with Crippen molar-refractivity contribution in [3.05, 3.63) is 106 Å². The standard InChI is InChI=1S/C34H33FN4O6/c1-20(2)34(42)44-21(3)19-38-22(4)31(33(41)39(38)24-9-7-6-8-10-24)32(40)37-23-11-14-30(27(35)17-23)45-29-15-16-36-28-18-25(43-5)12-13-26(28)29/h6-18,20-21H,19H2,1-5H3,(H,37,40)/t21-/m0/s1. The number of nitrogens with zero attached hydrogens (tertiary/aromatic N) is 3. The first kappa shape index (κ1) is 31.0. The van der Waals surface area contributed by atoms with Gasteiger partial charge in [0.15, 0.2) is 11.6 Å². The molecule has 3 aromatic carbocycles. The van der Waals surface area contributed by atoms with E-state index in [9.17, 15) is 14.4 Å². The normalized spacial score (nSPS) is 11.8. The monoisotopic (exact) mass is 612 g/mol. The van der Waals surface area contributed by atoms with Gasteiger partial charge in [0.05, 0.1) is 36.5 Å². The maximum Gasteiger partial charge on any atom is 0.308 e. The van der Waals surface area contributed by atoms with Gasteiger partial charge in [-0.2, -0.15) is 0 Å². The lowest BCUT2D eigenvalue weighted by atomic mass is 10.2. The van der Waals surface area contributed by atoms with Crippen LogP contribution in [0.5, 0.6) is 17.2 Å². The first-order valence-electron chi connectivity index (χ1n) is 14.4. The number of hydrogen-bond acceptors (Lipinski definition) is 7. The summed E-state index contributed by atoms with van der Waals surface area (Å²) in [5.74, 6) is -1.16. The van der Waals surface area contributed by atoms with E-state index in [1.807, 2.05) is 6.07 Å². The van der Waals surface area contributed by atoms with Crippen LogP contribution in [0.25, 0.3) is 16.6 Å². The molecule has 45 heavy (non-hydrogen) atoms. The van der Waals surface area contributed by atoms with Crippen LogP contribution >= 0.6 is 0 Å². The summed E-state index contributed by atoms with van der Waals surface area (Å²) < 4.78 is 34.9. The number of hydrogen-bond donors (Lipinski definition) is 1. The predicted molar refractivity (Wildman–Crippen MR) is 168 cm³/mol. The summed E-state index contributed by atoms with van der Waals surface area (Å²) in [6.07, 6.45) is 0.965. The van der Waals surface area contributed by atoms with Crippen LogP contribution in [0.3, 0.4) is 0 Å². The van der Waals surface area contributed by atoms with Gasteiger partial charge in [-0.1, -0.05) is 32.0 Å². The highest BCUT2D eigenvalue weighted by Gasteiger charge is 2.26. The summed E-state index contributed by atoms with van der Waals surface area (Å²) in [5, 5.41) is 3.30. The summed E-state index contributed by atoms with van der Waals surface area (Å²) in [6.45, 7) is 6.95. The lowest BCUT2D eigenvalue weighted by Crippen LogP contribution is -2.29. The number of methoxy groups -OCH3 is 1. The number of ether oxygens (including phenoxy) is 3. The number of rotatable bonds is 10. The van der Waals surface area contributed by atoms with E-state index in [4.69, 9.17) is 14.2 Å². The van der Waals surface area contributed by atoms with Crippen LogP contribution in [0.2, 0.25) is 0 Å². The Morgan fingerprint density at radius 1 is 0.978 bits per heavy atom. The van der Waals surface area contributed by atoms with E-state index in [0.717, 1.165) is 6.07 Å². The van der Waals surface area contributed by atoms with Gasteiger partial charge < -0.3 is 19.5 Å². The number of carbonyl (C=O) groups excluding carboxylic acids is 2. The van der Waals surface area contributed by atoms with E-state index in [2.05, 4.69) is 10.3 Å². The van der Waals surface area contributed by atoms with Crippen molar-refractivity contribution < 1.29 is 28.2 Å². The van der Waals surface area contributed by atoms with E-state index in [1.54, 1.807) is 94.2 Å². The third-order valence-corrected chi connectivity index (χ3v) is 7.16. The Morgan fingerprint density at radius 2 is 1.73 bits per heavy atom. The molecular formula is C34H33FN4O6. The third-order valence-electron chi connectivity index (χ3n) is 7.16. The van der Waals surface area contributed by atoms with Gasteiger partial charge in [0.25, 0.3) is 11.5 Å². The molecule has 0 radical (unpaired) electrons. The number of aromatic nitrogens is 3. The number of halogens is 1. The van der Waals surface area contributed by atoms with Crippen molar-refractivity contribution in [2.24, 2.45) is 5.92 Å². The number of nitrogens with one attached hydrogen (secondary N) is 1. The number of esters is 1. The number of benzene rings is 3. The SMILES string of the molecule is COc1ccc2c(Oc3ccc(NC(=O)c4c(C)n(C[C@H](C)OC(=O)C(C)C)n(-c5ccccc5)c4=O)cc3F)ccnc2c1. The van der Waals surface area contributed by atoms with Gasteiger partial charge in [-0.05, 0) is 56.3 Å². The van der Waals surface area contributed by atoms with E-state index in [1.165, 1.54) is 16.8 Å². The molecule has 10 nitrogen and oxygen atoms in total. The van der Waals surface area contributed by atoms with Crippen LogP contribution in [0.1, 0.15) is 36.8 Å². The second kappa shape index (κ2) is 13.0. The molecule has 5 aromatic rings. The zero-order chi connectivity index (χ0) is 32.2. The van der Waals surface area contributed by atoms with Crippen molar-refractivity contribution in [2.45, 2.75) is 40.3 Å². The van der Waals surface area contributed by atoms with Crippen LogP contribution in [0.4, 0.5) is 10.1 Å². The molecule has 5 rings (SSSR count). The highest BCUT2D eigenvalue weighted by atomic mass is 19.1. The fourth-order valence-electron chi connectivity index (χ4n) is 4.86. The number of pyridine rings is 1. The largest absolute Gasteiger partial charge is 0.497 e. The molecule has 1 amide bonds. The minimum atomic E-state index is -0.719. The van der Waals surface area contributed by atoms with Gasteiger partial charge in [-0.25, -0.2) is 9.07 Å². The molecule has 1 atom stereocenters. The Bertz CT molecular complexity index is 1930. The molecule has 11 heteroatoms. The zero-order valence-electron chi connectivity index (χ0n) is 25.5. The molecule has 0 saturated heterocycles. The molecule has 0 aliphatic heterocycles. The van der Waals surface area contributed by atoms with Crippen LogP contribution in [0.15, 0.2) is 83.8 Å². The Morgan fingerprint density at radius 3 is 2.42 bits per heavy atom. The molecule has 0 aliphatic rings. The minimum Gasteiger partial charge on any atom is -0.497 e. The van der Waals surface area contributed by atoms with Crippen molar-refractivity contribution in [2.75, 3.05) is 12.4 Å². The average molecular weight is 613 g/mol. The molecule has 0 bridgehead atoms. The molecular weight excluding hydrogens is 579 g/mol. The average Bonchev–Trinajstić information content (AvgIpc) is 3.26. The van der Waals surface area contributed by atoms with Crippen molar-refractivity contribution >= 4 is 28.5 Å². The van der Waals surface area contributed by atoms with Gasteiger partial charge in [-0.3, -0.25) is 24.0 Å². The van der Waals surface area contributed by atoms with Crippen molar-refractivity contribution in [3.8, 4) is 22.9 Å². The summed E-state index contributed by atoms with van der Waals surface area (Å²) in [7, 11) is 1.56. The van der Waals surface area contributed by atoms with Gasteiger partial charge in [0.1, 0.15) is 23.2 Å². The molecule has 0 unspecified atom stereocenters. The van der Waals surface area contributed by atoms with Gasteiger partial charge >= 0.3 is 5.97 Å². The number of fused-ring (bicyclic) bond motifs is 1. The van der Waals surface area contributed by atoms with E-state index in [-0.39, 0.29) is 35.4 Å². The Kier molecular flexibility index (Phi) is 8.98. The molecule has 0 saturated carbocycles. The van der Waals surface area contributed by atoms with Crippen LogP contribution in [0, 0.1) is 18.7 Å². The third kappa shape index (κ3) is 6.57. The lowest BCUT2D eigenvalue weighted by Gasteiger charge is -2.19. The molecule has 1 N–H and O–H groups in total. The van der Waals surface area contributed by atoms with Crippen molar-refractivity contribution in [3.63, 3.8) is 0 Å². The van der Waals surface area contributed by atoms with Crippen molar-refractivity contribution in [1.29, 1.82) is 0 Å². The van der Waals surface area contributed by atoms with Gasteiger partial charge in [-0.15, -0.1) is 0 Å². The predicted octanol–water partition coefficient (Wildman–Crippen LogP) is 6.28. The molecule has 0 spiro atoms. The highest BCUT2D eigenvalue weighted by molar-refractivity contribution is 6.05. The second-order valence-corrected chi connectivity index (χ2v) is 10.8. The number of carbonyl (C=O) groups is 2. The summed E-state index contributed by atoms with van der Waals surface area (Å²) in [6, 6.07) is 19.7. The zero-order valence-corrected chi connectivity index (χ0v) is 25.5. The van der Waals surface area contributed by atoms with E-state index in [0.29, 0.717) is 33.8 Å². The maximum atomic E-state index is 15.2. The molecule has 2 heterocycles. The number of anilines is 1. The summed E-state index contributed by atoms with van der Waals surface area (Å²) in [4.78, 5) is 43.7. The van der Waals surface area contributed by atoms with E-state index >= 15 is 4.39 Å². The Balaban J connectivity index is 1.41. The van der Waals surface area contributed by atoms with Gasteiger partial charge in [0.2, 0.25) is 0 Å². The van der Waals surface area contributed by atoms with Crippen molar-refractivity contribution in [1.82, 2.24) is 14.3 Å². The number of amides is 1. The first-order valence-corrected chi connectivity index (χ1v) is 14.4. The Labute approximate surface area is 259 Å². The van der Waals surface area contributed by atoms with Crippen LogP contribution in [-0.2, 0) is 16.1 Å². The smallest absolute Gasteiger partial charge is 0.308 e. The molecule has 0 fully saturated rings. The Hall–Kier alpha value is -5.45. The minimum absolute atomic E-state index is 0.0602. The summed E-state index contributed by atoms with van der Waals surface area (Å²) in [5.41, 5.74) is 0.941.